The summed E-state index contributed by atoms with van der Waals surface area (Å²) in [5, 5.41) is 1.95. The number of hydrogen-bond donors (Lipinski definition) is 0. The van der Waals surface area contributed by atoms with Gasteiger partial charge in [-0.3, -0.25) is 0 Å². The molecule has 1 aromatic heterocycles. The van der Waals surface area contributed by atoms with Crippen LogP contribution in [0, 0.1) is 0 Å². The van der Waals surface area contributed by atoms with E-state index in [2.05, 4.69) is 36.6 Å². The summed E-state index contributed by atoms with van der Waals surface area (Å²) in [4.78, 5) is 12.0. The molecule has 0 fully saturated rings. The maximum Gasteiger partial charge on any atom is 0.345 e. The van der Waals surface area contributed by atoms with Gasteiger partial charge >= 0.3 is 5.97 Å². The van der Waals surface area contributed by atoms with Crippen molar-refractivity contribution in [3.8, 4) is 0 Å². The number of methoxy groups -OCH3 is 1. The SMILES string of the molecule is COC(=O)/C(Br)=C/c1cc(Br)cs1. The Morgan fingerprint density at radius 3 is 2.85 bits per heavy atom. The van der Waals surface area contributed by atoms with Crippen LogP contribution in [0.3, 0.4) is 0 Å². The van der Waals surface area contributed by atoms with E-state index >= 15 is 0 Å². The first-order valence-electron chi connectivity index (χ1n) is 3.33. The molecule has 5 heteroatoms. The lowest BCUT2D eigenvalue weighted by Crippen LogP contribution is -1.98. The highest BCUT2D eigenvalue weighted by atomic mass is 79.9. The zero-order valence-electron chi connectivity index (χ0n) is 6.71. The van der Waals surface area contributed by atoms with Gasteiger partial charge in [-0.15, -0.1) is 11.3 Å². The average molecular weight is 326 g/mol. The van der Waals surface area contributed by atoms with E-state index in [1.807, 2.05) is 11.4 Å². The van der Waals surface area contributed by atoms with E-state index in [1.54, 1.807) is 17.4 Å². The number of halogens is 2. The van der Waals surface area contributed by atoms with Crippen molar-refractivity contribution in [3.05, 3.63) is 25.3 Å². The topological polar surface area (TPSA) is 26.3 Å². The molecule has 0 radical (unpaired) electrons. The fourth-order valence-corrected chi connectivity index (χ4v) is 2.62. The number of esters is 1. The van der Waals surface area contributed by atoms with Gasteiger partial charge in [0.25, 0.3) is 0 Å². The van der Waals surface area contributed by atoms with E-state index < -0.39 is 0 Å². The number of ether oxygens (including phenoxy) is 1. The Bertz CT molecular complexity index is 344. The third-order valence-electron chi connectivity index (χ3n) is 1.24. The number of rotatable bonds is 2. The minimum absolute atomic E-state index is 0.371. The van der Waals surface area contributed by atoms with Crippen molar-refractivity contribution in [1.29, 1.82) is 0 Å². The Hall–Kier alpha value is -0.130. The molecule has 0 unspecified atom stereocenters. The van der Waals surface area contributed by atoms with E-state index in [1.165, 1.54) is 7.11 Å². The minimum atomic E-state index is -0.371. The second-order valence-corrected chi connectivity index (χ2v) is 4.86. The fourth-order valence-electron chi connectivity index (χ4n) is 0.685. The van der Waals surface area contributed by atoms with Crippen LogP contribution in [0.15, 0.2) is 20.4 Å². The van der Waals surface area contributed by atoms with Gasteiger partial charge in [-0.1, -0.05) is 0 Å². The Kier molecular flexibility index (Phi) is 4.15. The molecular weight excluding hydrogens is 320 g/mol. The molecule has 0 aliphatic rings. The van der Waals surface area contributed by atoms with Gasteiger partial charge in [-0.2, -0.15) is 0 Å². The van der Waals surface area contributed by atoms with Crippen molar-refractivity contribution in [2.24, 2.45) is 0 Å². The molecule has 0 aliphatic carbocycles. The average Bonchev–Trinajstić information content (AvgIpc) is 2.49. The summed E-state index contributed by atoms with van der Waals surface area (Å²) in [5.74, 6) is -0.371. The lowest BCUT2D eigenvalue weighted by Gasteiger charge is -1.94. The zero-order chi connectivity index (χ0) is 9.84. The molecule has 0 atom stereocenters. The molecule has 0 saturated heterocycles. The molecule has 0 bridgehead atoms. The summed E-state index contributed by atoms with van der Waals surface area (Å²) in [6.07, 6.45) is 1.72. The molecule has 0 aliphatic heterocycles. The first-order valence-corrected chi connectivity index (χ1v) is 5.79. The molecule has 1 rings (SSSR count). The second kappa shape index (κ2) is 4.93. The maximum absolute atomic E-state index is 11.0. The molecule has 1 aromatic rings. The molecule has 13 heavy (non-hydrogen) atoms. The predicted molar refractivity (Wildman–Crippen MR) is 60.9 cm³/mol. The lowest BCUT2D eigenvalue weighted by molar-refractivity contribution is -0.135. The van der Waals surface area contributed by atoms with Crippen molar-refractivity contribution in [3.63, 3.8) is 0 Å². The second-order valence-electron chi connectivity index (χ2n) is 2.15. The Labute approximate surface area is 96.9 Å². The Balaban J connectivity index is 2.82. The molecule has 2 nitrogen and oxygen atoms in total. The third-order valence-corrected chi connectivity index (χ3v) is 3.43. The fraction of sp³-hybridized carbons (Fsp3) is 0.125. The highest BCUT2D eigenvalue weighted by Gasteiger charge is 2.05. The van der Waals surface area contributed by atoms with Crippen molar-refractivity contribution < 1.29 is 9.53 Å². The van der Waals surface area contributed by atoms with E-state index in [-0.39, 0.29) is 5.97 Å². The van der Waals surface area contributed by atoms with E-state index in [9.17, 15) is 4.79 Å². The molecule has 0 spiro atoms. The Morgan fingerprint density at radius 1 is 1.69 bits per heavy atom. The summed E-state index contributed by atoms with van der Waals surface area (Å²) < 4.78 is 5.96. The first-order chi connectivity index (χ1) is 6.13. The van der Waals surface area contributed by atoms with Crippen molar-refractivity contribution in [2.75, 3.05) is 7.11 Å². The molecular formula is C8H6Br2O2S. The normalized spacial score (nSPS) is 11.5. The number of carbonyl (C=O) groups is 1. The molecule has 0 aromatic carbocycles. The Morgan fingerprint density at radius 2 is 2.38 bits per heavy atom. The third kappa shape index (κ3) is 3.25. The minimum Gasteiger partial charge on any atom is -0.465 e. The highest BCUT2D eigenvalue weighted by molar-refractivity contribution is 9.12. The standard InChI is InChI=1S/C8H6Br2O2S/c1-12-8(11)7(10)3-6-2-5(9)4-13-6/h2-4H,1H3/b7-3-. The van der Waals surface area contributed by atoms with Crippen LogP contribution in [0.1, 0.15) is 4.88 Å². The summed E-state index contributed by atoms with van der Waals surface area (Å²) >= 11 is 8.00. The maximum atomic E-state index is 11.0. The lowest BCUT2D eigenvalue weighted by atomic mass is 10.4. The van der Waals surface area contributed by atoms with Gasteiger partial charge in [0.05, 0.1) is 7.11 Å². The van der Waals surface area contributed by atoms with Crippen molar-refractivity contribution in [1.82, 2.24) is 0 Å². The van der Waals surface area contributed by atoms with Crippen LogP contribution >= 0.6 is 43.2 Å². The number of hydrogen-bond acceptors (Lipinski definition) is 3. The monoisotopic (exact) mass is 324 g/mol. The van der Waals surface area contributed by atoms with Crippen LogP contribution in [0.5, 0.6) is 0 Å². The smallest absolute Gasteiger partial charge is 0.345 e. The molecule has 0 saturated carbocycles. The molecule has 1 heterocycles. The summed E-state index contributed by atoms with van der Waals surface area (Å²) in [6.45, 7) is 0. The van der Waals surface area contributed by atoms with Gasteiger partial charge in [0.2, 0.25) is 0 Å². The van der Waals surface area contributed by atoms with Crippen LogP contribution in [-0.4, -0.2) is 13.1 Å². The largest absolute Gasteiger partial charge is 0.465 e. The van der Waals surface area contributed by atoms with Crippen molar-refractivity contribution >= 4 is 55.2 Å². The van der Waals surface area contributed by atoms with Gasteiger partial charge in [0.1, 0.15) is 4.48 Å². The van der Waals surface area contributed by atoms with Crippen molar-refractivity contribution in [2.45, 2.75) is 0 Å². The van der Waals surface area contributed by atoms with Crippen LogP contribution in [-0.2, 0) is 9.53 Å². The van der Waals surface area contributed by atoms with Crippen LogP contribution in [0.25, 0.3) is 6.08 Å². The van der Waals surface area contributed by atoms with Gasteiger partial charge in [0.15, 0.2) is 0 Å². The summed E-state index contributed by atoms with van der Waals surface area (Å²) in [7, 11) is 1.35. The van der Waals surface area contributed by atoms with Gasteiger partial charge < -0.3 is 4.74 Å². The summed E-state index contributed by atoms with van der Waals surface area (Å²) in [6, 6.07) is 1.93. The highest BCUT2D eigenvalue weighted by Crippen LogP contribution is 2.23. The molecule has 0 amide bonds. The van der Waals surface area contributed by atoms with E-state index in [0.29, 0.717) is 4.48 Å². The quantitative estimate of drug-likeness (QED) is 0.615. The van der Waals surface area contributed by atoms with E-state index in [0.717, 1.165) is 9.35 Å². The predicted octanol–water partition coefficient (Wildman–Crippen LogP) is 3.42. The molecule has 0 N–H and O–H groups in total. The van der Waals surface area contributed by atoms with Gasteiger partial charge in [-0.05, 0) is 44.0 Å². The van der Waals surface area contributed by atoms with Gasteiger partial charge in [-0.25, -0.2) is 4.79 Å². The zero-order valence-corrected chi connectivity index (χ0v) is 10.7. The van der Waals surface area contributed by atoms with Crippen LogP contribution < -0.4 is 0 Å². The van der Waals surface area contributed by atoms with E-state index in [4.69, 9.17) is 0 Å². The first kappa shape index (κ1) is 10.9. The number of thiophene rings is 1. The molecule has 70 valence electrons. The van der Waals surface area contributed by atoms with Crippen LogP contribution in [0.4, 0.5) is 0 Å². The summed E-state index contributed by atoms with van der Waals surface area (Å²) in [5.41, 5.74) is 0. The number of carbonyl (C=O) groups excluding carboxylic acids is 1. The van der Waals surface area contributed by atoms with Crippen LogP contribution in [0.2, 0.25) is 0 Å². The van der Waals surface area contributed by atoms with Gasteiger partial charge in [0, 0.05) is 14.7 Å².